The molecule has 0 unspecified atom stereocenters. The van der Waals surface area contributed by atoms with Gasteiger partial charge in [-0.15, -0.1) is 11.8 Å². The van der Waals surface area contributed by atoms with E-state index in [-0.39, 0.29) is 5.91 Å². The van der Waals surface area contributed by atoms with Crippen molar-refractivity contribution in [2.75, 3.05) is 26.3 Å². The molecule has 1 aliphatic rings. The number of halogens is 2. The average Bonchev–Trinajstić information content (AvgIpc) is 3.06. The van der Waals surface area contributed by atoms with E-state index in [9.17, 15) is 4.79 Å². The van der Waals surface area contributed by atoms with E-state index in [1.165, 1.54) is 0 Å². The van der Waals surface area contributed by atoms with Crippen molar-refractivity contribution >= 4 is 51.8 Å². The molecule has 1 aliphatic heterocycles. The lowest BCUT2D eigenvalue weighted by Gasteiger charge is -2.27. The molecule has 4 rings (SSSR count). The quantitative estimate of drug-likeness (QED) is 0.523. The van der Waals surface area contributed by atoms with Gasteiger partial charge < -0.3 is 14.2 Å². The number of fused-ring (bicyclic) bond motifs is 1. The van der Waals surface area contributed by atoms with Crippen molar-refractivity contribution in [2.45, 2.75) is 17.2 Å². The molecule has 0 bridgehead atoms. The van der Waals surface area contributed by atoms with E-state index in [1.54, 1.807) is 17.8 Å². The lowest BCUT2D eigenvalue weighted by atomic mass is 10.2. The van der Waals surface area contributed by atoms with Crippen LogP contribution in [0.3, 0.4) is 0 Å². The number of thioether (sulfide) groups is 1. The zero-order valence-electron chi connectivity index (χ0n) is 15.2. The molecular weight excluding hydrogens is 415 g/mol. The summed E-state index contributed by atoms with van der Waals surface area (Å²) < 4.78 is 7.38. The molecule has 2 heterocycles. The monoisotopic (exact) mass is 434 g/mol. The van der Waals surface area contributed by atoms with Crippen molar-refractivity contribution in [2.24, 2.45) is 0 Å². The van der Waals surface area contributed by atoms with Gasteiger partial charge in [0.2, 0.25) is 5.91 Å². The van der Waals surface area contributed by atoms with Gasteiger partial charge in [0, 0.05) is 50.9 Å². The fourth-order valence-electron chi connectivity index (χ4n) is 3.31. The van der Waals surface area contributed by atoms with Gasteiger partial charge in [-0.2, -0.15) is 0 Å². The number of amides is 1. The summed E-state index contributed by atoms with van der Waals surface area (Å²) in [5.74, 6) is 0.864. The number of benzene rings is 2. The van der Waals surface area contributed by atoms with E-state index < -0.39 is 0 Å². The summed E-state index contributed by atoms with van der Waals surface area (Å²) in [6, 6.07) is 13.8. The maximum absolute atomic E-state index is 12.7. The molecule has 7 heteroatoms. The Morgan fingerprint density at radius 2 is 1.89 bits per heavy atom. The van der Waals surface area contributed by atoms with Crippen molar-refractivity contribution in [3.63, 3.8) is 0 Å². The molecule has 1 fully saturated rings. The minimum absolute atomic E-state index is 0.126. The second-order valence-electron chi connectivity index (χ2n) is 6.66. The maximum atomic E-state index is 12.7. The Hall–Kier alpha value is -1.66. The van der Waals surface area contributed by atoms with Crippen LogP contribution in [0.15, 0.2) is 53.6 Å². The number of morpholine rings is 1. The fourth-order valence-corrected chi connectivity index (χ4v) is 4.96. The van der Waals surface area contributed by atoms with Crippen LogP contribution >= 0.6 is 35.0 Å². The molecule has 1 aromatic heterocycles. The molecule has 0 atom stereocenters. The normalized spacial score (nSPS) is 14.6. The Labute approximate surface area is 178 Å². The summed E-state index contributed by atoms with van der Waals surface area (Å²) in [5, 5.41) is 2.45. The van der Waals surface area contributed by atoms with Crippen molar-refractivity contribution in [1.29, 1.82) is 0 Å². The van der Waals surface area contributed by atoms with Crippen LogP contribution < -0.4 is 0 Å². The summed E-state index contributed by atoms with van der Waals surface area (Å²) in [5.41, 5.74) is 2.10. The number of carbonyl (C=O) groups excluding carboxylic acids is 1. The molecule has 146 valence electrons. The van der Waals surface area contributed by atoms with E-state index in [4.69, 9.17) is 27.9 Å². The molecule has 0 spiro atoms. The van der Waals surface area contributed by atoms with E-state index in [2.05, 4.69) is 18.3 Å². The SMILES string of the molecule is O=C(Cn1cc(SCc2ccc(Cl)cc2Cl)c2ccccc21)N1CCOCC1. The summed E-state index contributed by atoms with van der Waals surface area (Å²) in [6.07, 6.45) is 2.07. The number of para-hydroxylation sites is 1. The highest BCUT2D eigenvalue weighted by molar-refractivity contribution is 7.98. The number of carbonyl (C=O) groups is 1. The second-order valence-corrected chi connectivity index (χ2v) is 8.52. The minimum Gasteiger partial charge on any atom is -0.378 e. The van der Waals surface area contributed by atoms with Crippen molar-refractivity contribution in [3.8, 4) is 0 Å². The largest absolute Gasteiger partial charge is 0.378 e. The Balaban J connectivity index is 1.55. The highest BCUT2D eigenvalue weighted by atomic mass is 35.5. The van der Waals surface area contributed by atoms with Crippen molar-refractivity contribution in [1.82, 2.24) is 9.47 Å². The van der Waals surface area contributed by atoms with Crippen LogP contribution in [0.5, 0.6) is 0 Å². The molecule has 0 N–H and O–H groups in total. The molecule has 1 amide bonds. The average molecular weight is 435 g/mol. The number of hydrogen-bond donors (Lipinski definition) is 0. The Bertz CT molecular complexity index is 999. The lowest BCUT2D eigenvalue weighted by Crippen LogP contribution is -2.42. The topological polar surface area (TPSA) is 34.5 Å². The van der Waals surface area contributed by atoms with Crippen molar-refractivity contribution in [3.05, 3.63) is 64.3 Å². The summed E-state index contributed by atoms with van der Waals surface area (Å²) >= 11 is 14.0. The molecule has 0 radical (unpaired) electrons. The van der Waals surface area contributed by atoms with Gasteiger partial charge in [-0.25, -0.2) is 0 Å². The van der Waals surface area contributed by atoms with Gasteiger partial charge in [0.25, 0.3) is 0 Å². The van der Waals surface area contributed by atoms with Gasteiger partial charge in [-0.3, -0.25) is 4.79 Å². The van der Waals surface area contributed by atoms with E-state index in [0.717, 1.165) is 27.1 Å². The lowest BCUT2D eigenvalue weighted by molar-refractivity contribution is -0.135. The molecule has 0 saturated carbocycles. The molecule has 28 heavy (non-hydrogen) atoms. The second kappa shape index (κ2) is 8.78. The maximum Gasteiger partial charge on any atom is 0.242 e. The van der Waals surface area contributed by atoms with E-state index in [1.807, 2.05) is 33.7 Å². The van der Waals surface area contributed by atoms with E-state index >= 15 is 0 Å². The standard InChI is InChI=1S/C21H20Cl2N2O2S/c22-16-6-5-15(18(23)11-16)14-28-20-12-25(19-4-2-1-3-17(19)20)13-21(26)24-7-9-27-10-8-24/h1-6,11-12H,7-10,13-14H2. The van der Waals surface area contributed by atoms with Crippen LogP contribution in [0.4, 0.5) is 0 Å². The van der Waals surface area contributed by atoms with Crippen LogP contribution in [0.25, 0.3) is 10.9 Å². The predicted molar refractivity (Wildman–Crippen MR) is 115 cm³/mol. The third-order valence-corrected chi connectivity index (χ3v) is 6.50. The van der Waals surface area contributed by atoms with Gasteiger partial charge >= 0.3 is 0 Å². The molecule has 0 aliphatic carbocycles. The van der Waals surface area contributed by atoms with Gasteiger partial charge in [-0.1, -0.05) is 47.5 Å². The Morgan fingerprint density at radius 3 is 2.68 bits per heavy atom. The van der Waals surface area contributed by atoms with Gasteiger partial charge in [-0.05, 0) is 23.8 Å². The van der Waals surface area contributed by atoms with Gasteiger partial charge in [0.05, 0.1) is 13.2 Å². The highest BCUT2D eigenvalue weighted by Gasteiger charge is 2.19. The fraction of sp³-hybridized carbons (Fsp3) is 0.286. The Kier molecular flexibility index (Phi) is 6.16. The number of ether oxygens (including phenoxy) is 1. The smallest absolute Gasteiger partial charge is 0.242 e. The molecule has 1 saturated heterocycles. The molecular formula is C21H20Cl2N2O2S. The summed E-state index contributed by atoms with van der Waals surface area (Å²) in [7, 11) is 0. The van der Waals surface area contributed by atoms with E-state index in [0.29, 0.717) is 42.9 Å². The number of aromatic nitrogens is 1. The molecule has 4 nitrogen and oxygen atoms in total. The number of nitrogens with zero attached hydrogens (tertiary/aromatic N) is 2. The molecule has 2 aromatic carbocycles. The predicted octanol–water partition coefficient (Wildman–Crippen LogP) is 5.10. The molecule has 3 aromatic rings. The zero-order chi connectivity index (χ0) is 19.5. The first kappa shape index (κ1) is 19.6. The van der Waals surface area contributed by atoms with Crippen LogP contribution in [-0.4, -0.2) is 41.7 Å². The first-order chi connectivity index (χ1) is 13.6. The number of hydrogen-bond acceptors (Lipinski definition) is 3. The zero-order valence-corrected chi connectivity index (χ0v) is 17.6. The third-order valence-electron chi connectivity index (χ3n) is 4.82. The summed E-state index contributed by atoms with van der Waals surface area (Å²) in [4.78, 5) is 15.7. The van der Waals surface area contributed by atoms with Gasteiger partial charge in [0.15, 0.2) is 0 Å². The first-order valence-electron chi connectivity index (χ1n) is 9.12. The van der Waals surface area contributed by atoms with Crippen LogP contribution in [0.2, 0.25) is 10.0 Å². The van der Waals surface area contributed by atoms with Crippen LogP contribution in [-0.2, 0) is 21.8 Å². The third kappa shape index (κ3) is 4.33. The van der Waals surface area contributed by atoms with Crippen LogP contribution in [0, 0.1) is 0 Å². The van der Waals surface area contributed by atoms with Crippen molar-refractivity contribution < 1.29 is 9.53 Å². The Morgan fingerprint density at radius 1 is 1.11 bits per heavy atom. The minimum atomic E-state index is 0.126. The summed E-state index contributed by atoms with van der Waals surface area (Å²) in [6.45, 7) is 2.88. The first-order valence-corrected chi connectivity index (χ1v) is 10.9. The van der Waals surface area contributed by atoms with Gasteiger partial charge in [0.1, 0.15) is 6.54 Å². The number of rotatable bonds is 5. The highest BCUT2D eigenvalue weighted by Crippen LogP contribution is 2.34. The van der Waals surface area contributed by atoms with Crippen LogP contribution in [0.1, 0.15) is 5.56 Å².